The van der Waals surface area contributed by atoms with E-state index < -0.39 is 5.82 Å². The van der Waals surface area contributed by atoms with Crippen LogP contribution in [0.3, 0.4) is 0 Å². The van der Waals surface area contributed by atoms with E-state index in [0.29, 0.717) is 6.54 Å². The van der Waals surface area contributed by atoms with Crippen molar-refractivity contribution in [3.8, 4) is 0 Å². The van der Waals surface area contributed by atoms with Gasteiger partial charge >= 0.3 is 0 Å². The van der Waals surface area contributed by atoms with Crippen molar-refractivity contribution in [3.05, 3.63) is 17.3 Å². The molecule has 1 fully saturated rings. The maximum atomic E-state index is 13.7. The SMILES string of the molecule is OCCN(c1nc(Cl)ncc1F)C1CCCC1. The van der Waals surface area contributed by atoms with Crippen LogP contribution >= 0.6 is 11.6 Å². The summed E-state index contributed by atoms with van der Waals surface area (Å²) < 4.78 is 13.7. The van der Waals surface area contributed by atoms with Gasteiger partial charge in [0.25, 0.3) is 0 Å². The van der Waals surface area contributed by atoms with Crippen LogP contribution in [0.4, 0.5) is 10.2 Å². The monoisotopic (exact) mass is 259 g/mol. The quantitative estimate of drug-likeness (QED) is 0.841. The van der Waals surface area contributed by atoms with Gasteiger partial charge in [0, 0.05) is 12.6 Å². The van der Waals surface area contributed by atoms with E-state index >= 15 is 0 Å². The fourth-order valence-electron chi connectivity index (χ4n) is 2.32. The molecule has 1 saturated carbocycles. The molecule has 1 N–H and O–H groups in total. The summed E-state index contributed by atoms with van der Waals surface area (Å²) in [5, 5.41) is 9.11. The second-order valence-electron chi connectivity index (χ2n) is 4.17. The van der Waals surface area contributed by atoms with Crippen LogP contribution in [-0.4, -0.2) is 34.3 Å². The van der Waals surface area contributed by atoms with E-state index in [-0.39, 0.29) is 23.8 Å². The van der Waals surface area contributed by atoms with Crippen LogP contribution in [0.25, 0.3) is 0 Å². The van der Waals surface area contributed by atoms with Crippen LogP contribution in [0.5, 0.6) is 0 Å². The van der Waals surface area contributed by atoms with E-state index in [1.165, 1.54) is 0 Å². The van der Waals surface area contributed by atoms with Crippen molar-refractivity contribution in [2.75, 3.05) is 18.1 Å². The van der Waals surface area contributed by atoms with Gasteiger partial charge in [0.2, 0.25) is 5.28 Å². The fraction of sp³-hybridized carbons (Fsp3) is 0.636. The lowest BCUT2D eigenvalue weighted by molar-refractivity contribution is 0.296. The molecular formula is C11H15ClFN3O. The molecule has 1 aromatic heterocycles. The predicted octanol–water partition coefficient (Wildman–Crippen LogP) is 2.01. The van der Waals surface area contributed by atoms with E-state index in [0.717, 1.165) is 31.9 Å². The second kappa shape index (κ2) is 5.60. The van der Waals surface area contributed by atoms with E-state index in [1.807, 2.05) is 0 Å². The Morgan fingerprint density at radius 2 is 2.18 bits per heavy atom. The summed E-state index contributed by atoms with van der Waals surface area (Å²) >= 11 is 5.69. The molecule has 1 aromatic rings. The van der Waals surface area contributed by atoms with Crippen LogP contribution in [0.15, 0.2) is 6.20 Å². The number of hydrogen-bond acceptors (Lipinski definition) is 4. The summed E-state index contributed by atoms with van der Waals surface area (Å²) in [6.07, 6.45) is 5.34. The van der Waals surface area contributed by atoms with Gasteiger partial charge in [-0.25, -0.2) is 9.37 Å². The minimum absolute atomic E-state index is 0.0299. The Balaban J connectivity index is 2.27. The molecular weight excluding hydrogens is 245 g/mol. The van der Waals surface area contributed by atoms with Gasteiger partial charge in [0.05, 0.1) is 12.8 Å². The lowest BCUT2D eigenvalue weighted by Crippen LogP contribution is -2.37. The van der Waals surface area contributed by atoms with Crippen molar-refractivity contribution in [2.24, 2.45) is 0 Å². The van der Waals surface area contributed by atoms with Crippen LogP contribution in [-0.2, 0) is 0 Å². The van der Waals surface area contributed by atoms with Crippen LogP contribution in [0.1, 0.15) is 25.7 Å². The molecule has 1 heterocycles. The Kier molecular flexibility index (Phi) is 4.12. The molecule has 4 nitrogen and oxygen atoms in total. The fourth-order valence-corrected chi connectivity index (χ4v) is 2.45. The number of anilines is 1. The Labute approximate surface area is 104 Å². The molecule has 0 unspecified atom stereocenters. The first kappa shape index (κ1) is 12.5. The zero-order valence-corrected chi connectivity index (χ0v) is 10.2. The minimum Gasteiger partial charge on any atom is -0.395 e. The van der Waals surface area contributed by atoms with E-state index in [9.17, 15) is 4.39 Å². The molecule has 1 aliphatic rings. The van der Waals surface area contributed by atoms with Gasteiger partial charge in [-0.1, -0.05) is 12.8 Å². The summed E-state index contributed by atoms with van der Waals surface area (Å²) in [6.45, 7) is 0.340. The topological polar surface area (TPSA) is 49.2 Å². The van der Waals surface area contributed by atoms with Gasteiger partial charge in [0.1, 0.15) is 0 Å². The van der Waals surface area contributed by atoms with E-state index in [2.05, 4.69) is 9.97 Å². The third-order valence-corrected chi connectivity index (χ3v) is 3.26. The Morgan fingerprint density at radius 1 is 1.47 bits per heavy atom. The Hall–Kier alpha value is -0.940. The second-order valence-corrected chi connectivity index (χ2v) is 4.50. The number of rotatable bonds is 4. The molecule has 0 aromatic carbocycles. The maximum Gasteiger partial charge on any atom is 0.224 e. The van der Waals surface area contributed by atoms with Crippen molar-refractivity contribution >= 4 is 17.4 Å². The smallest absolute Gasteiger partial charge is 0.224 e. The number of nitrogens with zero attached hydrogens (tertiary/aromatic N) is 3. The molecule has 0 bridgehead atoms. The van der Waals surface area contributed by atoms with Crippen molar-refractivity contribution in [3.63, 3.8) is 0 Å². The van der Waals surface area contributed by atoms with E-state index in [4.69, 9.17) is 16.7 Å². The first-order valence-electron chi connectivity index (χ1n) is 5.78. The van der Waals surface area contributed by atoms with Crippen molar-refractivity contribution in [1.82, 2.24) is 9.97 Å². The Bertz CT molecular complexity index is 385. The summed E-state index contributed by atoms with van der Waals surface area (Å²) in [5.74, 6) is -0.291. The van der Waals surface area contributed by atoms with Gasteiger partial charge in [0.15, 0.2) is 11.6 Å². The van der Waals surface area contributed by atoms with Gasteiger partial charge in [-0.05, 0) is 24.4 Å². The van der Waals surface area contributed by atoms with Crippen LogP contribution in [0.2, 0.25) is 5.28 Å². The third-order valence-electron chi connectivity index (χ3n) is 3.07. The maximum absolute atomic E-state index is 13.7. The average Bonchev–Trinajstić information content (AvgIpc) is 2.83. The highest BCUT2D eigenvalue weighted by Crippen LogP contribution is 2.28. The number of aliphatic hydroxyl groups excluding tert-OH is 1. The normalized spacial score (nSPS) is 16.4. The summed E-state index contributed by atoms with van der Waals surface area (Å²) in [6, 6.07) is 0.239. The molecule has 6 heteroatoms. The first-order chi connectivity index (χ1) is 8.22. The van der Waals surface area contributed by atoms with Crippen molar-refractivity contribution in [2.45, 2.75) is 31.7 Å². The first-order valence-corrected chi connectivity index (χ1v) is 6.15. The summed E-state index contributed by atoms with van der Waals surface area (Å²) in [4.78, 5) is 9.33. The molecule has 2 rings (SSSR count). The molecule has 0 amide bonds. The van der Waals surface area contributed by atoms with Crippen molar-refractivity contribution in [1.29, 1.82) is 0 Å². The number of halogens is 2. The third kappa shape index (κ3) is 2.84. The molecule has 94 valence electrons. The molecule has 0 aliphatic heterocycles. The molecule has 0 radical (unpaired) electrons. The minimum atomic E-state index is -0.491. The summed E-state index contributed by atoms with van der Waals surface area (Å²) in [5.41, 5.74) is 0. The van der Waals surface area contributed by atoms with Gasteiger partial charge in [-0.3, -0.25) is 0 Å². The highest BCUT2D eigenvalue weighted by molar-refractivity contribution is 6.28. The highest BCUT2D eigenvalue weighted by atomic mass is 35.5. The van der Waals surface area contributed by atoms with Gasteiger partial charge < -0.3 is 10.0 Å². The van der Waals surface area contributed by atoms with E-state index in [1.54, 1.807) is 4.90 Å². The molecule has 0 spiro atoms. The lowest BCUT2D eigenvalue weighted by Gasteiger charge is -2.29. The van der Waals surface area contributed by atoms with Crippen LogP contribution in [0, 0.1) is 5.82 Å². The van der Waals surface area contributed by atoms with Gasteiger partial charge in [-0.15, -0.1) is 0 Å². The summed E-state index contributed by atoms with van der Waals surface area (Å²) in [7, 11) is 0. The van der Waals surface area contributed by atoms with Crippen molar-refractivity contribution < 1.29 is 9.50 Å². The number of hydrogen-bond donors (Lipinski definition) is 1. The molecule has 0 saturated heterocycles. The number of aromatic nitrogens is 2. The van der Waals surface area contributed by atoms with Gasteiger partial charge in [-0.2, -0.15) is 4.98 Å². The predicted molar refractivity (Wildman–Crippen MR) is 63.7 cm³/mol. The molecule has 1 aliphatic carbocycles. The average molecular weight is 260 g/mol. The zero-order valence-electron chi connectivity index (χ0n) is 9.44. The highest BCUT2D eigenvalue weighted by Gasteiger charge is 2.25. The standard InChI is InChI=1S/C11H15ClFN3O/c12-11-14-7-9(13)10(15-11)16(5-6-17)8-3-1-2-4-8/h7-8,17H,1-6H2. The largest absolute Gasteiger partial charge is 0.395 e. The van der Waals surface area contributed by atoms with Crippen LogP contribution < -0.4 is 4.90 Å². The molecule has 17 heavy (non-hydrogen) atoms. The Morgan fingerprint density at radius 3 is 2.82 bits per heavy atom. The molecule has 0 atom stereocenters. The number of aliphatic hydroxyl groups is 1. The lowest BCUT2D eigenvalue weighted by atomic mass is 10.2. The zero-order chi connectivity index (χ0) is 12.3.